The lowest BCUT2D eigenvalue weighted by Crippen LogP contribution is -2.28. The monoisotopic (exact) mass is 450 g/mol. The number of fused-ring (bicyclic) bond motifs is 1. The molecule has 3 rings (SSSR count). The molecule has 5 N–H and O–H groups in total. The van der Waals surface area contributed by atoms with E-state index in [9.17, 15) is 10.1 Å². The number of hydrogen-bond donors (Lipinski definition) is 3. The number of anilines is 3. The number of hydrogen-bond acceptors (Lipinski definition) is 8. The second-order valence-corrected chi connectivity index (χ2v) is 7.49. The molecule has 164 valence electrons. The Hall–Kier alpha value is -3.90. The van der Waals surface area contributed by atoms with E-state index >= 15 is 0 Å². The van der Waals surface area contributed by atoms with Gasteiger partial charge in [-0.1, -0.05) is 29.8 Å². The summed E-state index contributed by atoms with van der Waals surface area (Å²) in [5.74, 6) is 0.440. The fourth-order valence-electron chi connectivity index (χ4n) is 3.39. The lowest BCUT2D eigenvalue weighted by molar-refractivity contribution is 0.739. The molecular formula is C22H23ClN8O. The zero-order chi connectivity index (χ0) is 23.6. The summed E-state index contributed by atoms with van der Waals surface area (Å²) in [5.41, 5.74) is 13.2. The molecule has 2 heterocycles. The summed E-state index contributed by atoms with van der Waals surface area (Å²) >= 11 is 6.38. The molecule has 0 bridgehead atoms. The number of nitrogens with two attached hydrogens (primary N) is 2. The minimum absolute atomic E-state index is 0.0377. The van der Waals surface area contributed by atoms with Crippen molar-refractivity contribution in [2.45, 2.75) is 33.7 Å². The van der Waals surface area contributed by atoms with E-state index in [-0.39, 0.29) is 28.7 Å². The molecule has 0 aliphatic heterocycles. The Labute approximate surface area is 190 Å². The predicted molar refractivity (Wildman–Crippen MR) is 128 cm³/mol. The molecule has 0 spiro atoms. The van der Waals surface area contributed by atoms with Crippen LogP contribution in [0.25, 0.3) is 16.6 Å². The van der Waals surface area contributed by atoms with Gasteiger partial charge in [-0.25, -0.2) is 4.98 Å². The molecule has 0 fully saturated rings. The second kappa shape index (κ2) is 9.08. The van der Waals surface area contributed by atoms with Crippen LogP contribution in [0.4, 0.5) is 17.6 Å². The van der Waals surface area contributed by atoms with E-state index in [2.05, 4.69) is 15.3 Å². The molecule has 9 nitrogen and oxygen atoms in total. The number of allylic oxidation sites excluding steroid dienone is 4. The van der Waals surface area contributed by atoms with Crippen LogP contribution >= 0.6 is 11.6 Å². The van der Waals surface area contributed by atoms with Gasteiger partial charge in [0.15, 0.2) is 5.82 Å². The average molecular weight is 451 g/mol. The largest absolute Gasteiger partial charge is 0.382 e. The average Bonchev–Trinajstić information content (AvgIpc) is 2.74. The molecule has 32 heavy (non-hydrogen) atoms. The molecular weight excluding hydrogens is 428 g/mol. The summed E-state index contributed by atoms with van der Waals surface area (Å²) in [7, 11) is 0. The Morgan fingerprint density at radius 2 is 2.00 bits per heavy atom. The Morgan fingerprint density at radius 1 is 1.28 bits per heavy atom. The van der Waals surface area contributed by atoms with Crippen molar-refractivity contribution in [3.63, 3.8) is 0 Å². The highest BCUT2D eigenvalue weighted by Gasteiger charge is 2.22. The van der Waals surface area contributed by atoms with Gasteiger partial charge in [-0.05, 0) is 45.4 Å². The lowest BCUT2D eigenvalue weighted by atomic mass is 10.1. The Kier molecular flexibility index (Phi) is 6.46. The standard InChI is InChI=1S/C22H23ClN8O/c1-5-7-13(6-2)31-20(28-17-11(3)8-9-15(23)16(17)21(31)32)12(4)27-19-14(10-24)18(25)29-22(26)30-19/h5-9,12H,1-4H3,(H5,25,26,27,29,30)/b7-5-,13-6+. The van der Waals surface area contributed by atoms with Gasteiger partial charge in [-0.2, -0.15) is 15.2 Å². The van der Waals surface area contributed by atoms with Crippen LogP contribution in [-0.2, 0) is 0 Å². The zero-order valence-corrected chi connectivity index (χ0v) is 18.9. The first-order chi connectivity index (χ1) is 15.2. The smallest absolute Gasteiger partial charge is 0.267 e. The van der Waals surface area contributed by atoms with Crippen LogP contribution in [-0.4, -0.2) is 19.5 Å². The van der Waals surface area contributed by atoms with Crippen molar-refractivity contribution < 1.29 is 0 Å². The molecule has 0 saturated carbocycles. The minimum atomic E-state index is -0.563. The number of halogens is 1. The fraction of sp³-hybridized carbons (Fsp3) is 0.227. The molecule has 0 radical (unpaired) electrons. The van der Waals surface area contributed by atoms with Crippen LogP contribution < -0.4 is 22.3 Å². The number of benzene rings is 1. The normalized spacial score (nSPS) is 12.8. The zero-order valence-electron chi connectivity index (χ0n) is 18.1. The van der Waals surface area contributed by atoms with E-state index in [1.54, 1.807) is 25.1 Å². The number of nitrogens with one attached hydrogen (secondary N) is 1. The highest BCUT2D eigenvalue weighted by molar-refractivity contribution is 6.35. The van der Waals surface area contributed by atoms with Gasteiger partial charge in [0.05, 0.1) is 22.0 Å². The Morgan fingerprint density at radius 3 is 2.62 bits per heavy atom. The van der Waals surface area contributed by atoms with Crippen molar-refractivity contribution in [2.75, 3.05) is 16.8 Å². The summed E-state index contributed by atoms with van der Waals surface area (Å²) in [4.78, 5) is 26.3. The fourth-order valence-corrected chi connectivity index (χ4v) is 3.62. The van der Waals surface area contributed by atoms with Crippen LogP contribution in [0.5, 0.6) is 0 Å². The van der Waals surface area contributed by atoms with E-state index in [0.29, 0.717) is 27.4 Å². The quantitative estimate of drug-likeness (QED) is 0.497. The molecule has 2 aromatic heterocycles. The Balaban J connectivity index is 2.31. The summed E-state index contributed by atoms with van der Waals surface area (Å²) in [6.45, 7) is 7.33. The summed E-state index contributed by atoms with van der Waals surface area (Å²) in [5, 5.41) is 13.2. The first kappa shape index (κ1) is 22.8. The van der Waals surface area contributed by atoms with Crippen LogP contribution in [0.2, 0.25) is 5.02 Å². The van der Waals surface area contributed by atoms with E-state index in [4.69, 9.17) is 28.1 Å². The number of rotatable bonds is 5. The highest BCUT2D eigenvalue weighted by atomic mass is 35.5. The number of aromatic nitrogens is 4. The van der Waals surface area contributed by atoms with Gasteiger partial charge in [-0.3, -0.25) is 9.36 Å². The van der Waals surface area contributed by atoms with Crippen LogP contribution in [0, 0.1) is 18.3 Å². The van der Waals surface area contributed by atoms with Crippen LogP contribution in [0.3, 0.4) is 0 Å². The van der Waals surface area contributed by atoms with Gasteiger partial charge in [0.2, 0.25) is 5.95 Å². The maximum atomic E-state index is 13.6. The van der Waals surface area contributed by atoms with E-state index < -0.39 is 6.04 Å². The molecule has 0 saturated heterocycles. The van der Waals surface area contributed by atoms with Crippen molar-refractivity contribution in [1.82, 2.24) is 19.5 Å². The number of aryl methyl sites for hydroxylation is 1. The summed E-state index contributed by atoms with van der Waals surface area (Å²) in [6.07, 6.45) is 5.43. The third kappa shape index (κ3) is 4.00. The van der Waals surface area contributed by atoms with Gasteiger partial charge in [0.25, 0.3) is 5.56 Å². The van der Waals surface area contributed by atoms with E-state index in [1.807, 2.05) is 39.0 Å². The summed E-state index contributed by atoms with van der Waals surface area (Å²) < 4.78 is 1.49. The van der Waals surface area contributed by atoms with Gasteiger partial charge < -0.3 is 16.8 Å². The molecule has 0 aliphatic rings. The van der Waals surface area contributed by atoms with Crippen molar-refractivity contribution in [1.29, 1.82) is 5.26 Å². The van der Waals surface area contributed by atoms with Gasteiger partial charge in [-0.15, -0.1) is 0 Å². The third-order valence-electron chi connectivity index (χ3n) is 4.90. The summed E-state index contributed by atoms with van der Waals surface area (Å²) in [6, 6.07) is 4.91. The number of nitriles is 1. The van der Waals surface area contributed by atoms with Crippen molar-refractivity contribution in [2.24, 2.45) is 0 Å². The molecule has 1 atom stereocenters. The predicted octanol–water partition coefficient (Wildman–Crippen LogP) is 3.79. The van der Waals surface area contributed by atoms with Gasteiger partial charge >= 0.3 is 0 Å². The first-order valence-corrected chi connectivity index (χ1v) is 10.2. The molecule has 0 aliphatic carbocycles. The number of nitrogens with zero attached hydrogens (tertiary/aromatic N) is 5. The maximum Gasteiger partial charge on any atom is 0.267 e. The van der Waals surface area contributed by atoms with E-state index in [1.165, 1.54) is 4.57 Å². The lowest BCUT2D eigenvalue weighted by Gasteiger charge is -2.22. The minimum Gasteiger partial charge on any atom is -0.382 e. The molecule has 0 amide bonds. The molecule has 1 unspecified atom stereocenters. The van der Waals surface area contributed by atoms with Crippen LogP contribution in [0.15, 0.2) is 35.2 Å². The topological polar surface area (TPSA) is 149 Å². The van der Waals surface area contributed by atoms with E-state index in [0.717, 1.165) is 5.56 Å². The third-order valence-corrected chi connectivity index (χ3v) is 5.21. The van der Waals surface area contributed by atoms with Crippen molar-refractivity contribution in [3.8, 4) is 6.07 Å². The SMILES string of the molecule is C/C=C\C(=C/C)n1c(C(C)Nc2nc(N)nc(N)c2C#N)nc2c(C)ccc(Cl)c2c1=O. The Bertz CT molecular complexity index is 1370. The van der Waals surface area contributed by atoms with Crippen molar-refractivity contribution in [3.05, 3.63) is 62.7 Å². The van der Waals surface area contributed by atoms with Gasteiger partial charge in [0, 0.05) is 5.70 Å². The van der Waals surface area contributed by atoms with Crippen LogP contribution in [0.1, 0.15) is 43.8 Å². The number of nitrogen functional groups attached to an aromatic ring is 2. The first-order valence-electron chi connectivity index (χ1n) is 9.84. The molecule has 3 aromatic rings. The molecule has 10 heteroatoms. The van der Waals surface area contributed by atoms with Gasteiger partial charge in [0.1, 0.15) is 23.3 Å². The highest BCUT2D eigenvalue weighted by Crippen LogP contribution is 2.28. The van der Waals surface area contributed by atoms with Crippen molar-refractivity contribution >= 4 is 45.8 Å². The molecule has 1 aromatic carbocycles. The maximum absolute atomic E-state index is 13.6. The second-order valence-electron chi connectivity index (χ2n) is 7.08.